The van der Waals surface area contributed by atoms with Gasteiger partial charge in [-0.05, 0) is 41.5 Å². The summed E-state index contributed by atoms with van der Waals surface area (Å²) in [6.45, 7) is 11.9. The molecule has 0 unspecified atom stereocenters. The largest absolute Gasteiger partial charge is 0.444 e. The molecule has 2 amide bonds. The molecule has 0 atom stereocenters. The van der Waals surface area contributed by atoms with Gasteiger partial charge < -0.3 is 19.5 Å². The van der Waals surface area contributed by atoms with Crippen LogP contribution in [0.3, 0.4) is 0 Å². The van der Waals surface area contributed by atoms with Gasteiger partial charge in [-0.15, -0.1) is 0 Å². The van der Waals surface area contributed by atoms with Crippen LogP contribution in [-0.4, -0.2) is 62.5 Å². The first-order chi connectivity index (χ1) is 11.4. The number of piperazine rings is 1. The summed E-state index contributed by atoms with van der Waals surface area (Å²) in [6, 6.07) is 0. The minimum Gasteiger partial charge on any atom is -0.444 e. The maximum absolute atomic E-state index is 12.8. The highest BCUT2D eigenvalue weighted by molar-refractivity contribution is 5.92. The van der Waals surface area contributed by atoms with Crippen LogP contribution in [0, 0.1) is 6.92 Å². The topological polar surface area (TPSA) is 95.6 Å². The Hall–Kier alpha value is -2.38. The van der Waals surface area contributed by atoms with E-state index in [-0.39, 0.29) is 28.9 Å². The lowest BCUT2D eigenvalue weighted by atomic mass is 9.98. The molecule has 2 heterocycles. The number of hydrogen-bond donors (Lipinski definition) is 1. The Morgan fingerprint density at radius 3 is 2.44 bits per heavy atom. The number of rotatable bonds is 1. The molecule has 0 radical (unpaired) electrons. The Labute approximate surface area is 147 Å². The van der Waals surface area contributed by atoms with Crippen molar-refractivity contribution in [2.24, 2.45) is 0 Å². The van der Waals surface area contributed by atoms with Crippen molar-refractivity contribution < 1.29 is 14.3 Å². The standard InChI is InChI=1S/C17H26N4O4/c1-11-13(22)18-9-12(19-11)14(23)21-8-7-20(10-17(21,5)6)15(24)25-16(2,3)4/h9H,7-8,10H2,1-6H3,(H,18,22). The first kappa shape index (κ1) is 19.0. The van der Waals surface area contributed by atoms with E-state index in [1.165, 1.54) is 6.20 Å². The molecule has 25 heavy (non-hydrogen) atoms. The Morgan fingerprint density at radius 2 is 1.92 bits per heavy atom. The van der Waals surface area contributed by atoms with E-state index in [4.69, 9.17) is 4.74 Å². The van der Waals surface area contributed by atoms with Crippen LogP contribution in [0.2, 0.25) is 0 Å². The minimum absolute atomic E-state index is 0.191. The first-order valence-corrected chi connectivity index (χ1v) is 8.27. The van der Waals surface area contributed by atoms with Gasteiger partial charge in [-0.3, -0.25) is 9.59 Å². The third-order valence-corrected chi connectivity index (χ3v) is 3.97. The van der Waals surface area contributed by atoms with Gasteiger partial charge in [0.05, 0.1) is 5.54 Å². The quantitative estimate of drug-likeness (QED) is 0.829. The number of hydrogen-bond acceptors (Lipinski definition) is 5. The third-order valence-electron chi connectivity index (χ3n) is 3.97. The molecule has 0 saturated carbocycles. The lowest BCUT2D eigenvalue weighted by Gasteiger charge is -2.46. The summed E-state index contributed by atoms with van der Waals surface area (Å²) in [5, 5.41) is 0. The van der Waals surface area contributed by atoms with Gasteiger partial charge in [-0.25, -0.2) is 9.78 Å². The fourth-order valence-corrected chi connectivity index (χ4v) is 2.76. The van der Waals surface area contributed by atoms with Gasteiger partial charge in [-0.1, -0.05) is 0 Å². The average molecular weight is 350 g/mol. The van der Waals surface area contributed by atoms with Crippen molar-refractivity contribution in [2.75, 3.05) is 19.6 Å². The number of carbonyl (C=O) groups excluding carboxylic acids is 2. The van der Waals surface area contributed by atoms with Crippen molar-refractivity contribution in [3.63, 3.8) is 0 Å². The van der Waals surface area contributed by atoms with Gasteiger partial charge in [0.2, 0.25) is 0 Å². The number of carbonyl (C=O) groups is 2. The fraction of sp³-hybridized carbons (Fsp3) is 0.647. The Kier molecular flexibility index (Phi) is 4.92. The van der Waals surface area contributed by atoms with Crippen LogP contribution >= 0.6 is 0 Å². The second kappa shape index (κ2) is 6.50. The molecule has 0 aromatic carbocycles. The van der Waals surface area contributed by atoms with E-state index < -0.39 is 11.1 Å². The molecule has 0 spiro atoms. The molecule has 1 fully saturated rings. The summed E-state index contributed by atoms with van der Waals surface area (Å²) in [4.78, 5) is 46.4. The van der Waals surface area contributed by atoms with Crippen molar-refractivity contribution >= 4 is 12.0 Å². The zero-order chi connectivity index (χ0) is 19.0. The fourth-order valence-electron chi connectivity index (χ4n) is 2.76. The Balaban J connectivity index is 2.15. The third kappa shape index (κ3) is 4.37. The van der Waals surface area contributed by atoms with Gasteiger partial charge in [-0.2, -0.15) is 0 Å². The summed E-state index contributed by atoms with van der Waals surface area (Å²) in [6.07, 6.45) is 0.944. The van der Waals surface area contributed by atoms with Gasteiger partial charge in [0.25, 0.3) is 11.5 Å². The number of nitrogens with zero attached hydrogens (tertiary/aromatic N) is 3. The van der Waals surface area contributed by atoms with Gasteiger partial charge in [0, 0.05) is 25.8 Å². The number of aromatic amines is 1. The van der Waals surface area contributed by atoms with Gasteiger partial charge >= 0.3 is 6.09 Å². The molecule has 1 aromatic rings. The molecule has 0 bridgehead atoms. The van der Waals surface area contributed by atoms with E-state index in [1.54, 1.807) is 16.7 Å². The van der Waals surface area contributed by atoms with Crippen molar-refractivity contribution in [2.45, 2.75) is 52.7 Å². The van der Waals surface area contributed by atoms with E-state index >= 15 is 0 Å². The van der Waals surface area contributed by atoms with E-state index in [1.807, 2.05) is 34.6 Å². The van der Waals surface area contributed by atoms with Crippen LogP contribution in [0.25, 0.3) is 0 Å². The Bertz CT molecular complexity index is 733. The van der Waals surface area contributed by atoms with Crippen LogP contribution in [0.15, 0.2) is 11.0 Å². The van der Waals surface area contributed by atoms with Gasteiger partial charge in [0.15, 0.2) is 0 Å². The number of aromatic nitrogens is 2. The Morgan fingerprint density at radius 1 is 1.28 bits per heavy atom. The predicted octanol–water partition coefficient (Wildman–Crippen LogP) is 1.55. The van der Waals surface area contributed by atoms with Crippen LogP contribution in [-0.2, 0) is 4.74 Å². The summed E-state index contributed by atoms with van der Waals surface area (Å²) < 4.78 is 5.41. The number of nitrogens with one attached hydrogen (secondary N) is 1. The molecule has 2 rings (SSSR count). The van der Waals surface area contributed by atoms with E-state index in [0.29, 0.717) is 19.6 Å². The van der Waals surface area contributed by atoms with E-state index in [2.05, 4.69) is 9.97 Å². The lowest BCUT2D eigenvalue weighted by molar-refractivity contribution is -0.0110. The van der Waals surface area contributed by atoms with E-state index in [9.17, 15) is 14.4 Å². The highest BCUT2D eigenvalue weighted by Crippen LogP contribution is 2.24. The SMILES string of the molecule is Cc1nc(C(=O)N2CCN(C(=O)OC(C)(C)C)CC2(C)C)c[nH]c1=O. The molecule has 1 N–H and O–H groups in total. The zero-order valence-electron chi connectivity index (χ0n) is 15.7. The lowest BCUT2D eigenvalue weighted by Crippen LogP contribution is -2.62. The molecule has 1 aromatic heterocycles. The number of amides is 2. The molecule has 1 aliphatic heterocycles. The van der Waals surface area contributed by atoms with Gasteiger partial charge in [0.1, 0.15) is 17.0 Å². The average Bonchev–Trinajstić information content (AvgIpc) is 2.46. The number of H-pyrrole nitrogens is 1. The molecule has 0 aliphatic carbocycles. The molecule has 1 saturated heterocycles. The van der Waals surface area contributed by atoms with Crippen LogP contribution in [0.4, 0.5) is 4.79 Å². The monoisotopic (exact) mass is 350 g/mol. The second-order valence-electron chi connectivity index (χ2n) is 7.87. The maximum atomic E-state index is 12.8. The number of ether oxygens (including phenoxy) is 1. The van der Waals surface area contributed by atoms with Crippen LogP contribution < -0.4 is 5.56 Å². The predicted molar refractivity (Wildman–Crippen MR) is 92.5 cm³/mol. The summed E-state index contributed by atoms with van der Waals surface area (Å²) in [5.41, 5.74) is -1.03. The van der Waals surface area contributed by atoms with E-state index in [0.717, 1.165) is 0 Å². The van der Waals surface area contributed by atoms with Crippen LogP contribution in [0.1, 0.15) is 50.8 Å². The number of aryl methyl sites for hydroxylation is 1. The normalized spacial score (nSPS) is 17.4. The molecular weight excluding hydrogens is 324 g/mol. The molecule has 8 heteroatoms. The van der Waals surface area contributed by atoms with Crippen molar-refractivity contribution in [1.29, 1.82) is 0 Å². The minimum atomic E-state index is -0.585. The highest BCUT2D eigenvalue weighted by atomic mass is 16.6. The summed E-state index contributed by atoms with van der Waals surface area (Å²) in [7, 11) is 0. The van der Waals surface area contributed by atoms with Crippen LogP contribution in [0.5, 0.6) is 0 Å². The second-order valence-corrected chi connectivity index (χ2v) is 7.87. The zero-order valence-corrected chi connectivity index (χ0v) is 15.7. The molecular formula is C17H26N4O4. The van der Waals surface area contributed by atoms with Crippen molar-refractivity contribution in [3.05, 3.63) is 27.9 Å². The first-order valence-electron chi connectivity index (χ1n) is 8.27. The summed E-state index contributed by atoms with van der Waals surface area (Å²) in [5.74, 6) is -0.270. The van der Waals surface area contributed by atoms with Crippen molar-refractivity contribution in [1.82, 2.24) is 19.8 Å². The molecule has 8 nitrogen and oxygen atoms in total. The smallest absolute Gasteiger partial charge is 0.410 e. The van der Waals surface area contributed by atoms with Crippen molar-refractivity contribution in [3.8, 4) is 0 Å². The highest BCUT2D eigenvalue weighted by Gasteiger charge is 2.40. The molecule has 138 valence electrons. The summed E-state index contributed by atoms with van der Waals surface area (Å²) >= 11 is 0. The molecule has 1 aliphatic rings. The maximum Gasteiger partial charge on any atom is 0.410 e.